The van der Waals surface area contributed by atoms with Gasteiger partial charge in [-0.25, -0.2) is 18.4 Å². The lowest BCUT2D eigenvalue weighted by atomic mass is 10.1. The van der Waals surface area contributed by atoms with Gasteiger partial charge in [-0.3, -0.25) is 4.90 Å². The Kier molecular flexibility index (Phi) is 6.20. The molecule has 2 aromatic carbocycles. The number of ether oxygens (including phenoxy) is 2. The van der Waals surface area contributed by atoms with Crippen LogP contribution in [0, 0.1) is 11.6 Å². The molecule has 0 atom stereocenters. The van der Waals surface area contributed by atoms with Crippen LogP contribution in [0.3, 0.4) is 0 Å². The van der Waals surface area contributed by atoms with Gasteiger partial charge >= 0.3 is 12.0 Å². The molecule has 3 rings (SSSR count). The van der Waals surface area contributed by atoms with E-state index >= 15 is 0 Å². The third-order valence-electron chi connectivity index (χ3n) is 4.44. The van der Waals surface area contributed by atoms with E-state index in [1.54, 1.807) is 11.0 Å². The number of rotatable bonds is 4. The normalized spacial score (nSPS) is 13.9. The second-order valence-corrected chi connectivity index (χ2v) is 6.25. The van der Waals surface area contributed by atoms with Crippen molar-refractivity contribution >= 4 is 17.7 Å². The van der Waals surface area contributed by atoms with Crippen LogP contribution in [0.5, 0.6) is 0 Å². The molecule has 0 saturated carbocycles. The van der Waals surface area contributed by atoms with E-state index in [0.717, 1.165) is 6.07 Å². The summed E-state index contributed by atoms with van der Waals surface area (Å²) in [6.07, 6.45) is 0. The number of morpholine rings is 1. The van der Waals surface area contributed by atoms with Crippen LogP contribution in [0.1, 0.15) is 15.9 Å². The number of carbonyl (C=O) groups excluding carboxylic acids is 2. The Balaban J connectivity index is 1.91. The predicted molar refractivity (Wildman–Crippen MR) is 98.1 cm³/mol. The van der Waals surface area contributed by atoms with Gasteiger partial charge in [0.05, 0.1) is 32.4 Å². The van der Waals surface area contributed by atoms with Crippen LogP contribution in [0.15, 0.2) is 42.5 Å². The molecule has 2 amide bonds. The van der Waals surface area contributed by atoms with Crippen molar-refractivity contribution < 1.29 is 27.8 Å². The van der Waals surface area contributed by atoms with Crippen LogP contribution in [0.25, 0.3) is 0 Å². The van der Waals surface area contributed by atoms with Crippen molar-refractivity contribution in [3.63, 3.8) is 0 Å². The number of carbonyl (C=O) groups is 2. The minimum Gasteiger partial charge on any atom is -0.465 e. The van der Waals surface area contributed by atoms with Gasteiger partial charge in [-0.05, 0) is 30.3 Å². The Morgan fingerprint density at radius 3 is 2.54 bits per heavy atom. The minimum absolute atomic E-state index is 0.0700. The first kappa shape index (κ1) is 19.8. The van der Waals surface area contributed by atoms with Crippen LogP contribution >= 0.6 is 0 Å². The van der Waals surface area contributed by atoms with E-state index in [9.17, 15) is 18.4 Å². The monoisotopic (exact) mass is 390 g/mol. The van der Waals surface area contributed by atoms with Gasteiger partial charge in [0.25, 0.3) is 0 Å². The molecular weight excluding hydrogens is 370 g/mol. The quantitative estimate of drug-likeness (QED) is 0.753. The molecule has 0 aromatic heterocycles. The van der Waals surface area contributed by atoms with E-state index in [-0.39, 0.29) is 23.7 Å². The molecule has 0 N–H and O–H groups in total. The van der Waals surface area contributed by atoms with E-state index in [1.807, 2.05) is 0 Å². The highest BCUT2D eigenvalue weighted by Gasteiger charge is 2.25. The first-order valence-corrected chi connectivity index (χ1v) is 8.76. The number of halogens is 2. The number of methoxy groups -OCH3 is 1. The third-order valence-corrected chi connectivity index (χ3v) is 4.44. The van der Waals surface area contributed by atoms with Crippen molar-refractivity contribution in [3.8, 4) is 0 Å². The number of anilines is 1. The average molecular weight is 390 g/mol. The molecule has 8 heteroatoms. The molecule has 1 saturated heterocycles. The van der Waals surface area contributed by atoms with Gasteiger partial charge in [0.15, 0.2) is 0 Å². The summed E-state index contributed by atoms with van der Waals surface area (Å²) in [6, 6.07) is 9.09. The summed E-state index contributed by atoms with van der Waals surface area (Å²) in [6.45, 7) is 1.49. The zero-order chi connectivity index (χ0) is 20.1. The zero-order valence-corrected chi connectivity index (χ0v) is 15.4. The molecule has 2 aromatic rings. The molecule has 0 unspecified atom stereocenters. The van der Waals surface area contributed by atoms with Crippen LogP contribution in [-0.4, -0.2) is 50.3 Å². The van der Waals surface area contributed by atoms with E-state index in [1.165, 1.54) is 42.3 Å². The number of esters is 1. The van der Waals surface area contributed by atoms with Crippen molar-refractivity contribution in [2.75, 3.05) is 38.3 Å². The first-order chi connectivity index (χ1) is 13.5. The van der Waals surface area contributed by atoms with Crippen LogP contribution < -0.4 is 4.90 Å². The Hall–Kier alpha value is -3.00. The highest BCUT2D eigenvalue weighted by molar-refractivity contribution is 5.92. The lowest BCUT2D eigenvalue weighted by Gasteiger charge is -2.33. The highest BCUT2D eigenvalue weighted by atomic mass is 19.1. The summed E-state index contributed by atoms with van der Waals surface area (Å²) < 4.78 is 38.1. The van der Waals surface area contributed by atoms with E-state index in [4.69, 9.17) is 4.74 Å². The van der Waals surface area contributed by atoms with Crippen LogP contribution in [0.4, 0.5) is 19.3 Å². The van der Waals surface area contributed by atoms with Crippen LogP contribution in [0.2, 0.25) is 0 Å². The number of hydrogen-bond acceptors (Lipinski definition) is 4. The molecule has 1 fully saturated rings. The summed E-state index contributed by atoms with van der Waals surface area (Å²) >= 11 is 0. The summed E-state index contributed by atoms with van der Waals surface area (Å²) in [5, 5.41) is 0. The maximum atomic E-state index is 14.6. The maximum absolute atomic E-state index is 14.6. The molecule has 0 bridgehead atoms. The topological polar surface area (TPSA) is 59.1 Å². The van der Waals surface area contributed by atoms with Crippen molar-refractivity contribution in [2.24, 2.45) is 0 Å². The number of nitrogens with zero attached hydrogens (tertiary/aromatic N) is 2. The summed E-state index contributed by atoms with van der Waals surface area (Å²) in [5.41, 5.74) is 0.576. The van der Waals surface area contributed by atoms with Gasteiger partial charge in [0, 0.05) is 24.3 Å². The standard InChI is InChI=1S/C20H20F2N2O4/c1-27-19(25)14-5-6-15(18(22)11-14)13-24(17-4-2-3-16(21)12-17)20(26)23-7-9-28-10-8-23/h2-6,11-12H,7-10,13H2,1H3. The van der Waals surface area contributed by atoms with Gasteiger partial charge < -0.3 is 14.4 Å². The molecule has 1 heterocycles. The van der Waals surface area contributed by atoms with E-state index < -0.39 is 17.6 Å². The summed E-state index contributed by atoms with van der Waals surface area (Å²) in [7, 11) is 1.21. The van der Waals surface area contributed by atoms with Crippen molar-refractivity contribution in [1.82, 2.24) is 4.90 Å². The number of benzene rings is 2. The summed E-state index contributed by atoms with van der Waals surface area (Å²) in [4.78, 5) is 27.5. The number of amides is 2. The maximum Gasteiger partial charge on any atom is 0.337 e. The molecule has 148 valence electrons. The molecule has 6 nitrogen and oxygen atoms in total. The van der Waals surface area contributed by atoms with Gasteiger partial charge in [0.1, 0.15) is 11.6 Å². The zero-order valence-electron chi connectivity index (χ0n) is 15.4. The first-order valence-electron chi connectivity index (χ1n) is 8.76. The van der Waals surface area contributed by atoms with Gasteiger partial charge in [0.2, 0.25) is 0 Å². The lowest BCUT2D eigenvalue weighted by Crippen LogP contribution is -2.48. The average Bonchev–Trinajstić information content (AvgIpc) is 2.72. The molecular formula is C20H20F2N2O4. The Labute approximate surface area is 161 Å². The predicted octanol–water partition coefficient (Wildman–Crippen LogP) is 3.21. The van der Waals surface area contributed by atoms with Crippen molar-refractivity contribution in [2.45, 2.75) is 6.54 Å². The molecule has 0 spiro atoms. The lowest BCUT2D eigenvalue weighted by molar-refractivity contribution is 0.0548. The Morgan fingerprint density at radius 1 is 1.14 bits per heavy atom. The molecule has 0 aliphatic carbocycles. The van der Waals surface area contributed by atoms with Gasteiger partial charge in [-0.1, -0.05) is 12.1 Å². The third kappa shape index (κ3) is 4.45. The molecule has 1 aliphatic rings. The van der Waals surface area contributed by atoms with Gasteiger partial charge in [-0.2, -0.15) is 0 Å². The SMILES string of the molecule is COC(=O)c1ccc(CN(C(=O)N2CCOCC2)c2cccc(F)c2)c(F)c1. The summed E-state index contributed by atoms with van der Waals surface area (Å²) in [5.74, 6) is -1.81. The smallest absolute Gasteiger partial charge is 0.337 e. The molecule has 0 radical (unpaired) electrons. The van der Waals surface area contributed by atoms with E-state index in [2.05, 4.69) is 4.74 Å². The number of urea groups is 1. The fourth-order valence-electron chi connectivity index (χ4n) is 2.93. The second kappa shape index (κ2) is 8.79. The van der Waals surface area contributed by atoms with Crippen molar-refractivity contribution in [3.05, 3.63) is 65.2 Å². The molecule has 28 heavy (non-hydrogen) atoms. The van der Waals surface area contributed by atoms with Gasteiger partial charge in [-0.15, -0.1) is 0 Å². The fourth-order valence-corrected chi connectivity index (χ4v) is 2.93. The number of hydrogen-bond donors (Lipinski definition) is 0. The van der Waals surface area contributed by atoms with Crippen molar-refractivity contribution in [1.29, 1.82) is 0 Å². The van der Waals surface area contributed by atoms with Crippen LogP contribution in [-0.2, 0) is 16.0 Å². The van der Waals surface area contributed by atoms with E-state index in [0.29, 0.717) is 32.0 Å². The minimum atomic E-state index is -0.656. The largest absolute Gasteiger partial charge is 0.465 e. The Bertz CT molecular complexity index is 869. The Morgan fingerprint density at radius 2 is 1.89 bits per heavy atom. The highest BCUT2D eigenvalue weighted by Crippen LogP contribution is 2.22. The second-order valence-electron chi connectivity index (χ2n) is 6.25. The fraction of sp³-hybridized carbons (Fsp3) is 0.300. The molecule has 1 aliphatic heterocycles.